The van der Waals surface area contributed by atoms with E-state index in [2.05, 4.69) is 10.6 Å². The second kappa shape index (κ2) is 6.58. The van der Waals surface area contributed by atoms with Crippen LogP contribution in [0.25, 0.3) is 0 Å². The van der Waals surface area contributed by atoms with Gasteiger partial charge in [-0.3, -0.25) is 0 Å². The lowest BCUT2D eigenvalue weighted by Crippen LogP contribution is -2.45. The second-order valence-electron chi connectivity index (χ2n) is 4.14. The molecule has 0 aromatic carbocycles. The van der Waals surface area contributed by atoms with Crippen LogP contribution >= 0.6 is 11.6 Å². The first-order valence-corrected chi connectivity index (χ1v) is 5.19. The molecule has 0 aliphatic heterocycles. The molecular formula is C8H18ClN4O2+. The van der Waals surface area contributed by atoms with Crippen molar-refractivity contribution in [3.63, 3.8) is 0 Å². The van der Waals surface area contributed by atoms with Crippen molar-refractivity contribution in [1.29, 1.82) is 0 Å². The van der Waals surface area contributed by atoms with Gasteiger partial charge in [0.1, 0.15) is 0 Å². The van der Waals surface area contributed by atoms with E-state index in [1.165, 1.54) is 0 Å². The molecule has 0 aliphatic carbocycles. The first-order chi connectivity index (χ1) is 6.90. The molecule has 0 spiro atoms. The van der Waals surface area contributed by atoms with Crippen molar-refractivity contribution in [3.05, 3.63) is 4.91 Å². The highest BCUT2D eigenvalue weighted by molar-refractivity contribution is 6.18. The summed E-state index contributed by atoms with van der Waals surface area (Å²) in [4.78, 5) is 21.6. The van der Waals surface area contributed by atoms with Crippen molar-refractivity contribution in [2.45, 2.75) is 0 Å². The van der Waals surface area contributed by atoms with E-state index in [-0.39, 0.29) is 12.4 Å². The number of rotatable bonds is 6. The first kappa shape index (κ1) is 14.1. The van der Waals surface area contributed by atoms with Crippen molar-refractivity contribution in [2.24, 2.45) is 5.29 Å². The predicted octanol–water partition coefficient (Wildman–Crippen LogP) is 0.624. The highest BCUT2D eigenvalue weighted by atomic mass is 35.5. The summed E-state index contributed by atoms with van der Waals surface area (Å²) in [7, 11) is 6.04. The van der Waals surface area contributed by atoms with Gasteiger partial charge in [-0.15, -0.1) is 16.5 Å². The number of nitrogens with one attached hydrogen (secondary N) is 1. The highest BCUT2D eigenvalue weighted by Crippen LogP contribution is 1.92. The molecule has 0 fully saturated rings. The molecule has 15 heavy (non-hydrogen) atoms. The van der Waals surface area contributed by atoms with E-state index in [4.69, 9.17) is 11.6 Å². The standard InChI is InChI=1S/C8H17ClN4O2/c1-13(2,3)7-5-10-8(14)12(11-15)6-4-9/h4-7H2,1-3H3/p+1. The van der Waals surface area contributed by atoms with Crippen molar-refractivity contribution in [1.82, 2.24) is 10.3 Å². The molecule has 0 heterocycles. The molecule has 0 unspecified atom stereocenters. The number of alkyl halides is 1. The molecule has 0 saturated heterocycles. The van der Waals surface area contributed by atoms with Gasteiger partial charge < -0.3 is 9.80 Å². The zero-order chi connectivity index (χ0) is 11.9. The summed E-state index contributed by atoms with van der Waals surface area (Å²) in [5.74, 6) is 0.189. The number of hydrogen-bond donors (Lipinski definition) is 1. The summed E-state index contributed by atoms with van der Waals surface area (Å²) in [5.41, 5.74) is 0. The van der Waals surface area contributed by atoms with Crippen LogP contribution < -0.4 is 5.32 Å². The quantitative estimate of drug-likeness (QED) is 0.319. The summed E-state index contributed by atoms with van der Waals surface area (Å²) in [6.45, 7) is 1.40. The van der Waals surface area contributed by atoms with Crippen LogP contribution in [-0.2, 0) is 0 Å². The van der Waals surface area contributed by atoms with Crippen LogP contribution in [0.4, 0.5) is 4.79 Å². The summed E-state index contributed by atoms with van der Waals surface area (Å²) < 4.78 is 0.740. The van der Waals surface area contributed by atoms with Crippen LogP contribution in [0.15, 0.2) is 5.29 Å². The van der Waals surface area contributed by atoms with Crippen LogP contribution in [0.3, 0.4) is 0 Å². The molecule has 0 aromatic rings. The lowest BCUT2D eigenvalue weighted by Gasteiger charge is -2.24. The number of quaternary nitrogens is 1. The lowest BCUT2D eigenvalue weighted by molar-refractivity contribution is -0.869. The number of amides is 2. The minimum absolute atomic E-state index is 0.126. The number of nitroso groups, excluding NO2 is 1. The normalized spacial score (nSPS) is 10.9. The molecule has 1 N–H and O–H groups in total. The Bertz CT molecular complexity index is 217. The molecule has 2 amide bonds. The van der Waals surface area contributed by atoms with Crippen molar-refractivity contribution in [3.8, 4) is 0 Å². The number of urea groups is 1. The fourth-order valence-electron chi connectivity index (χ4n) is 0.849. The van der Waals surface area contributed by atoms with Crippen LogP contribution in [0.1, 0.15) is 0 Å². The van der Waals surface area contributed by atoms with Gasteiger partial charge in [0.15, 0.2) is 0 Å². The van der Waals surface area contributed by atoms with Gasteiger partial charge in [0.25, 0.3) is 0 Å². The molecule has 0 saturated carbocycles. The Kier molecular flexibility index (Phi) is 6.19. The van der Waals surface area contributed by atoms with Crippen LogP contribution in [0, 0.1) is 4.91 Å². The highest BCUT2D eigenvalue weighted by Gasteiger charge is 2.14. The molecular weight excluding hydrogens is 220 g/mol. The maximum Gasteiger partial charge on any atom is 0.340 e. The predicted molar refractivity (Wildman–Crippen MR) is 59.5 cm³/mol. The van der Waals surface area contributed by atoms with Gasteiger partial charge in [-0.25, -0.2) is 4.79 Å². The number of halogens is 1. The Morgan fingerprint density at radius 1 is 1.47 bits per heavy atom. The smallest absolute Gasteiger partial charge is 0.331 e. The van der Waals surface area contributed by atoms with E-state index in [0.29, 0.717) is 6.54 Å². The van der Waals surface area contributed by atoms with Crippen LogP contribution in [-0.4, -0.2) is 62.2 Å². The molecule has 88 valence electrons. The Morgan fingerprint density at radius 3 is 2.47 bits per heavy atom. The van der Waals surface area contributed by atoms with Gasteiger partial charge in [-0.2, -0.15) is 5.01 Å². The second-order valence-corrected chi connectivity index (χ2v) is 4.52. The fraction of sp³-hybridized carbons (Fsp3) is 0.875. The van der Waals surface area contributed by atoms with Gasteiger partial charge in [0.05, 0.1) is 46.1 Å². The van der Waals surface area contributed by atoms with E-state index in [1.807, 2.05) is 21.1 Å². The molecule has 6 nitrogen and oxygen atoms in total. The van der Waals surface area contributed by atoms with E-state index in [0.717, 1.165) is 16.0 Å². The topological polar surface area (TPSA) is 61.8 Å². The number of carbonyl (C=O) groups is 1. The third-order valence-corrected chi connectivity index (χ3v) is 1.86. The SMILES string of the molecule is C[N+](C)(C)CCNC(=O)N(CCCl)N=O. The zero-order valence-electron chi connectivity index (χ0n) is 9.36. The number of hydrogen-bond acceptors (Lipinski definition) is 3. The first-order valence-electron chi connectivity index (χ1n) is 4.66. The lowest BCUT2D eigenvalue weighted by atomic mass is 10.5. The molecule has 0 atom stereocenters. The van der Waals surface area contributed by atoms with Crippen molar-refractivity contribution < 1.29 is 9.28 Å². The Morgan fingerprint density at radius 2 is 2.07 bits per heavy atom. The molecule has 0 rings (SSSR count). The maximum absolute atomic E-state index is 11.3. The molecule has 0 bridgehead atoms. The Hall–Kier alpha value is -0.880. The summed E-state index contributed by atoms with van der Waals surface area (Å²) >= 11 is 5.40. The van der Waals surface area contributed by atoms with Crippen LogP contribution in [0.2, 0.25) is 0 Å². The average Bonchev–Trinajstić information content (AvgIpc) is 2.11. The van der Waals surface area contributed by atoms with Gasteiger partial charge >= 0.3 is 6.03 Å². The largest absolute Gasteiger partial charge is 0.340 e. The van der Waals surface area contributed by atoms with E-state index >= 15 is 0 Å². The van der Waals surface area contributed by atoms with Crippen molar-refractivity contribution >= 4 is 17.6 Å². The van der Waals surface area contributed by atoms with Crippen LogP contribution in [0.5, 0.6) is 0 Å². The van der Waals surface area contributed by atoms with Gasteiger partial charge in [0, 0.05) is 5.88 Å². The summed E-state index contributed by atoms with van der Waals surface area (Å²) in [6.07, 6.45) is 0. The zero-order valence-corrected chi connectivity index (χ0v) is 10.1. The molecule has 7 heteroatoms. The van der Waals surface area contributed by atoms with Crippen molar-refractivity contribution in [2.75, 3.05) is 46.7 Å². The van der Waals surface area contributed by atoms with Gasteiger partial charge in [-0.05, 0) is 0 Å². The number of likely N-dealkylation sites (N-methyl/N-ethyl adjacent to an activating group) is 1. The van der Waals surface area contributed by atoms with E-state index in [9.17, 15) is 9.70 Å². The maximum atomic E-state index is 11.3. The third kappa shape index (κ3) is 7.10. The van der Waals surface area contributed by atoms with E-state index < -0.39 is 6.03 Å². The number of carbonyl (C=O) groups excluding carboxylic acids is 1. The minimum Gasteiger partial charge on any atom is -0.331 e. The van der Waals surface area contributed by atoms with Gasteiger partial charge in [0.2, 0.25) is 0 Å². The minimum atomic E-state index is -0.501. The third-order valence-electron chi connectivity index (χ3n) is 1.69. The molecule has 0 radical (unpaired) electrons. The molecule has 0 aromatic heterocycles. The number of nitrogens with zero attached hydrogens (tertiary/aromatic N) is 3. The average molecular weight is 238 g/mol. The Balaban J connectivity index is 3.86. The monoisotopic (exact) mass is 237 g/mol. The summed E-state index contributed by atoms with van der Waals surface area (Å²) in [5, 5.41) is 5.95. The van der Waals surface area contributed by atoms with E-state index in [1.54, 1.807) is 0 Å². The van der Waals surface area contributed by atoms with Gasteiger partial charge in [-0.1, -0.05) is 0 Å². The summed E-state index contributed by atoms with van der Waals surface area (Å²) in [6, 6.07) is -0.501. The fourth-order valence-corrected chi connectivity index (χ4v) is 1.01. The Labute approximate surface area is 94.7 Å². The molecule has 0 aliphatic rings.